The second-order valence-corrected chi connectivity index (χ2v) is 6.40. The number of hydrogen-bond donors (Lipinski definition) is 1. The highest BCUT2D eigenvalue weighted by Crippen LogP contribution is 2.18. The van der Waals surface area contributed by atoms with E-state index in [4.69, 9.17) is 11.6 Å². The molecule has 1 amide bonds. The number of aromatic nitrogens is 1. The maximum Gasteiger partial charge on any atom is 0.253 e. The van der Waals surface area contributed by atoms with Crippen LogP contribution in [0.25, 0.3) is 0 Å². The van der Waals surface area contributed by atoms with Gasteiger partial charge in [0.1, 0.15) is 5.82 Å². The topological polar surface area (TPSA) is 45.2 Å². The minimum absolute atomic E-state index is 0.0519. The van der Waals surface area contributed by atoms with Crippen molar-refractivity contribution in [2.75, 3.05) is 13.1 Å². The lowest BCUT2D eigenvalue weighted by Gasteiger charge is -2.33. The molecule has 1 aliphatic rings. The zero-order valence-electron chi connectivity index (χ0n) is 13.2. The Kier molecular flexibility index (Phi) is 5.43. The SMILES string of the molecule is O=C(NC1CCCN(Cc2ccccn2)C1)c1ccc(F)cc1Cl. The average Bonchev–Trinajstić information content (AvgIpc) is 2.56. The Balaban J connectivity index is 1.59. The molecule has 1 N–H and O–H groups in total. The van der Waals surface area contributed by atoms with Gasteiger partial charge < -0.3 is 5.32 Å². The standard InChI is InChI=1S/C18H19ClFN3O/c19-17-10-13(20)6-7-16(17)18(24)22-15-5-3-9-23(12-15)11-14-4-1-2-8-21-14/h1-2,4,6-8,10,15H,3,5,9,11-12H2,(H,22,24). The number of pyridine rings is 1. The van der Waals surface area contributed by atoms with Crippen LogP contribution in [0.4, 0.5) is 4.39 Å². The van der Waals surface area contributed by atoms with E-state index in [1.165, 1.54) is 12.1 Å². The summed E-state index contributed by atoms with van der Waals surface area (Å²) in [5.74, 6) is -0.708. The summed E-state index contributed by atoms with van der Waals surface area (Å²) in [4.78, 5) is 19.0. The van der Waals surface area contributed by atoms with E-state index in [-0.39, 0.29) is 17.0 Å². The van der Waals surface area contributed by atoms with Crippen molar-refractivity contribution >= 4 is 17.5 Å². The van der Waals surface area contributed by atoms with Gasteiger partial charge in [-0.3, -0.25) is 14.7 Å². The molecule has 0 spiro atoms. The van der Waals surface area contributed by atoms with Crippen LogP contribution in [0.5, 0.6) is 0 Å². The molecule has 1 atom stereocenters. The Morgan fingerprint density at radius 1 is 1.38 bits per heavy atom. The van der Waals surface area contributed by atoms with E-state index >= 15 is 0 Å². The number of halogens is 2. The van der Waals surface area contributed by atoms with E-state index in [9.17, 15) is 9.18 Å². The molecule has 6 heteroatoms. The van der Waals surface area contributed by atoms with Gasteiger partial charge in [0.15, 0.2) is 0 Å². The van der Waals surface area contributed by atoms with Gasteiger partial charge in [-0.15, -0.1) is 0 Å². The monoisotopic (exact) mass is 347 g/mol. The normalized spacial score (nSPS) is 18.3. The molecule has 0 radical (unpaired) electrons. The first-order valence-electron chi connectivity index (χ1n) is 8.00. The van der Waals surface area contributed by atoms with Crippen LogP contribution in [0, 0.1) is 5.82 Å². The van der Waals surface area contributed by atoms with Gasteiger partial charge in [-0.25, -0.2) is 4.39 Å². The molecule has 1 aromatic carbocycles. The smallest absolute Gasteiger partial charge is 0.253 e. The van der Waals surface area contributed by atoms with Crippen LogP contribution >= 0.6 is 11.6 Å². The number of carbonyl (C=O) groups is 1. The molecular weight excluding hydrogens is 329 g/mol. The Morgan fingerprint density at radius 3 is 3.00 bits per heavy atom. The van der Waals surface area contributed by atoms with E-state index in [0.717, 1.165) is 44.2 Å². The molecule has 24 heavy (non-hydrogen) atoms. The van der Waals surface area contributed by atoms with Gasteiger partial charge in [0.2, 0.25) is 0 Å². The zero-order valence-corrected chi connectivity index (χ0v) is 14.0. The first kappa shape index (κ1) is 16.9. The van der Waals surface area contributed by atoms with E-state index in [0.29, 0.717) is 5.56 Å². The number of benzene rings is 1. The molecule has 2 aromatic rings. The van der Waals surface area contributed by atoms with Crippen LogP contribution in [0.15, 0.2) is 42.6 Å². The number of likely N-dealkylation sites (tertiary alicyclic amines) is 1. The maximum atomic E-state index is 13.1. The summed E-state index contributed by atoms with van der Waals surface area (Å²) < 4.78 is 13.1. The van der Waals surface area contributed by atoms with Crippen molar-refractivity contribution in [3.8, 4) is 0 Å². The van der Waals surface area contributed by atoms with E-state index in [1.807, 2.05) is 18.2 Å². The Bertz CT molecular complexity index is 711. The van der Waals surface area contributed by atoms with Crippen molar-refractivity contribution in [1.82, 2.24) is 15.2 Å². The molecule has 3 rings (SSSR count). The van der Waals surface area contributed by atoms with Gasteiger partial charge in [-0.2, -0.15) is 0 Å². The second kappa shape index (κ2) is 7.73. The number of amides is 1. The molecule has 0 bridgehead atoms. The summed E-state index contributed by atoms with van der Waals surface area (Å²) in [6, 6.07) is 9.75. The van der Waals surface area contributed by atoms with Crippen molar-refractivity contribution in [2.45, 2.75) is 25.4 Å². The first-order chi connectivity index (χ1) is 11.6. The largest absolute Gasteiger partial charge is 0.348 e. The third-order valence-electron chi connectivity index (χ3n) is 4.13. The third-order valence-corrected chi connectivity index (χ3v) is 4.44. The number of piperidine rings is 1. The maximum absolute atomic E-state index is 13.1. The Labute approximate surface area is 145 Å². The molecule has 1 aliphatic heterocycles. The molecule has 1 saturated heterocycles. The molecular formula is C18H19ClFN3O. The van der Waals surface area contributed by atoms with Crippen LogP contribution in [0.1, 0.15) is 28.9 Å². The van der Waals surface area contributed by atoms with Crippen LogP contribution in [0.2, 0.25) is 5.02 Å². The Hall–Kier alpha value is -1.98. The Morgan fingerprint density at radius 2 is 2.25 bits per heavy atom. The number of carbonyl (C=O) groups excluding carboxylic acids is 1. The minimum Gasteiger partial charge on any atom is -0.348 e. The van der Waals surface area contributed by atoms with Gasteiger partial charge in [0.25, 0.3) is 5.91 Å². The van der Waals surface area contributed by atoms with E-state index in [2.05, 4.69) is 15.2 Å². The van der Waals surface area contributed by atoms with Crippen molar-refractivity contribution < 1.29 is 9.18 Å². The fourth-order valence-corrected chi connectivity index (χ4v) is 3.23. The summed E-state index contributed by atoms with van der Waals surface area (Å²) in [5, 5.41) is 3.14. The lowest BCUT2D eigenvalue weighted by molar-refractivity contribution is 0.0900. The summed E-state index contributed by atoms with van der Waals surface area (Å²) in [7, 11) is 0. The van der Waals surface area contributed by atoms with Crippen LogP contribution < -0.4 is 5.32 Å². The predicted molar refractivity (Wildman–Crippen MR) is 91.4 cm³/mol. The number of nitrogens with one attached hydrogen (secondary N) is 1. The number of nitrogens with zero attached hydrogens (tertiary/aromatic N) is 2. The van der Waals surface area contributed by atoms with Crippen LogP contribution in [0.3, 0.4) is 0 Å². The highest BCUT2D eigenvalue weighted by molar-refractivity contribution is 6.33. The lowest BCUT2D eigenvalue weighted by Crippen LogP contribution is -2.47. The molecule has 0 aliphatic carbocycles. The number of rotatable bonds is 4. The van der Waals surface area contributed by atoms with Crippen LogP contribution in [-0.4, -0.2) is 34.9 Å². The summed E-state index contributed by atoms with van der Waals surface area (Å²) >= 11 is 5.96. The van der Waals surface area contributed by atoms with Gasteiger partial charge >= 0.3 is 0 Å². The fourth-order valence-electron chi connectivity index (χ4n) is 2.97. The average molecular weight is 348 g/mol. The molecule has 1 fully saturated rings. The van der Waals surface area contributed by atoms with Crippen LogP contribution in [-0.2, 0) is 6.54 Å². The highest BCUT2D eigenvalue weighted by Gasteiger charge is 2.23. The first-order valence-corrected chi connectivity index (χ1v) is 8.38. The lowest BCUT2D eigenvalue weighted by atomic mass is 10.0. The molecule has 1 aromatic heterocycles. The molecule has 2 heterocycles. The highest BCUT2D eigenvalue weighted by atomic mass is 35.5. The fraction of sp³-hybridized carbons (Fsp3) is 0.333. The van der Waals surface area contributed by atoms with Gasteiger partial charge in [-0.05, 0) is 49.7 Å². The van der Waals surface area contributed by atoms with Gasteiger partial charge in [0, 0.05) is 25.3 Å². The molecule has 0 saturated carbocycles. The molecule has 126 valence electrons. The summed E-state index contributed by atoms with van der Waals surface area (Å²) in [6.45, 7) is 2.52. The van der Waals surface area contributed by atoms with Gasteiger partial charge in [0.05, 0.1) is 16.3 Å². The predicted octanol–water partition coefficient (Wildman–Crippen LogP) is 3.27. The van der Waals surface area contributed by atoms with Crippen molar-refractivity contribution in [2.24, 2.45) is 0 Å². The second-order valence-electron chi connectivity index (χ2n) is 5.99. The summed E-state index contributed by atoms with van der Waals surface area (Å²) in [5.41, 5.74) is 1.32. The molecule has 4 nitrogen and oxygen atoms in total. The quantitative estimate of drug-likeness (QED) is 0.923. The van der Waals surface area contributed by atoms with E-state index in [1.54, 1.807) is 6.20 Å². The van der Waals surface area contributed by atoms with Gasteiger partial charge in [-0.1, -0.05) is 17.7 Å². The zero-order chi connectivity index (χ0) is 16.9. The molecule has 1 unspecified atom stereocenters. The minimum atomic E-state index is -0.448. The van der Waals surface area contributed by atoms with E-state index < -0.39 is 5.82 Å². The van der Waals surface area contributed by atoms with Crippen molar-refractivity contribution in [3.63, 3.8) is 0 Å². The summed E-state index contributed by atoms with van der Waals surface area (Å²) in [6.07, 6.45) is 3.72. The van der Waals surface area contributed by atoms with Crippen molar-refractivity contribution in [3.05, 3.63) is 64.7 Å². The number of hydrogen-bond acceptors (Lipinski definition) is 3. The third kappa shape index (κ3) is 4.30. The van der Waals surface area contributed by atoms with Crippen molar-refractivity contribution in [1.29, 1.82) is 0 Å².